The van der Waals surface area contributed by atoms with E-state index in [9.17, 15) is 0 Å². The van der Waals surface area contributed by atoms with Crippen molar-refractivity contribution in [3.8, 4) is 44.8 Å². The molecule has 4 heteroatoms. The molecule has 1 N–H and O–H groups in total. The number of hydrogen-bond acceptors (Lipinski definition) is 2. The van der Waals surface area contributed by atoms with Crippen LogP contribution in [0.1, 0.15) is 117 Å². The van der Waals surface area contributed by atoms with Crippen molar-refractivity contribution in [2.45, 2.75) is 90.1 Å². The molecule has 0 saturated heterocycles. The highest BCUT2D eigenvalue weighted by Crippen LogP contribution is 2.54. The van der Waals surface area contributed by atoms with Gasteiger partial charge in [-0.3, -0.25) is 0 Å². The number of benzene rings is 9. The summed E-state index contributed by atoms with van der Waals surface area (Å²) in [6, 6.07) is 66.9. The van der Waals surface area contributed by atoms with Gasteiger partial charge in [0, 0.05) is 49.9 Å². The summed E-state index contributed by atoms with van der Waals surface area (Å²) in [6.07, 6.45) is 0.776. The fraction of sp³-hybridized carbons (Fsp3) is 0.206. The van der Waals surface area contributed by atoms with Gasteiger partial charge in [0.15, 0.2) is 7.28 Å². The molecule has 3 heterocycles. The van der Waals surface area contributed by atoms with Gasteiger partial charge in [-0.15, -0.1) is 0 Å². The van der Waals surface area contributed by atoms with Gasteiger partial charge in [-0.25, -0.2) is 0 Å². The lowest BCUT2D eigenvalue weighted by Crippen LogP contribution is -2.37. The van der Waals surface area contributed by atoms with E-state index in [0.717, 1.165) is 30.8 Å². The Bertz CT molecular complexity index is 3900. The lowest BCUT2D eigenvalue weighted by molar-refractivity contribution is 0.222. The molecule has 1 aromatic heterocycles. The first kappa shape index (κ1) is 43.3. The van der Waals surface area contributed by atoms with Crippen molar-refractivity contribution in [1.82, 2.24) is 4.57 Å². The first-order valence-electron chi connectivity index (χ1n) is 26.1. The van der Waals surface area contributed by atoms with E-state index in [1.54, 1.807) is 0 Å². The fourth-order valence-corrected chi connectivity index (χ4v) is 13.1. The second-order valence-electron chi connectivity index (χ2n) is 23.7. The van der Waals surface area contributed by atoms with Crippen LogP contribution in [-0.2, 0) is 22.7 Å². The highest BCUT2D eigenvalue weighted by atomic mass is 16.5. The zero-order valence-corrected chi connectivity index (χ0v) is 42.7. The molecule has 0 spiro atoms. The molecule has 0 saturated carbocycles. The molecule has 2 aliphatic heterocycles. The minimum Gasteiger partial charge on any atom is -0.484 e. The molecule has 10 aromatic rings. The molecule has 72 heavy (non-hydrogen) atoms. The van der Waals surface area contributed by atoms with Crippen molar-refractivity contribution < 1.29 is 4.74 Å². The molecule has 4 aliphatic rings. The topological polar surface area (TPSA) is 26.2 Å². The number of nitrogens with one attached hydrogen (secondary N) is 1. The fourth-order valence-electron chi connectivity index (χ4n) is 13.1. The van der Waals surface area contributed by atoms with E-state index < -0.39 is 0 Å². The van der Waals surface area contributed by atoms with Crippen molar-refractivity contribution in [2.24, 2.45) is 0 Å². The second-order valence-corrected chi connectivity index (χ2v) is 23.7. The molecule has 2 unspecified atom stereocenters. The third-order valence-electron chi connectivity index (χ3n) is 16.9. The van der Waals surface area contributed by atoms with Crippen LogP contribution in [-0.4, -0.2) is 11.8 Å². The molecule has 0 radical (unpaired) electrons. The summed E-state index contributed by atoms with van der Waals surface area (Å²) in [7, 11) is 0.775. The minimum absolute atomic E-state index is 0.0384. The average Bonchev–Trinajstić information content (AvgIpc) is 4.10. The molecular formula is C68H59BN2O. The summed E-state index contributed by atoms with van der Waals surface area (Å²) in [4.78, 5) is 0. The molecule has 2 atom stereocenters. The highest BCUT2D eigenvalue weighted by Gasteiger charge is 2.41. The Balaban J connectivity index is 1.02. The lowest BCUT2D eigenvalue weighted by Gasteiger charge is -2.26. The number of nitrogens with zero attached hydrogens (tertiary/aromatic N) is 1. The predicted octanol–water partition coefficient (Wildman–Crippen LogP) is 15.6. The number of ether oxygens (including phenoxy) is 1. The van der Waals surface area contributed by atoms with E-state index in [1.165, 1.54) is 122 Å². The summed E-state index contributed by atoms with van der Waals surface area (Å²) in [5.74, 6) is 1.02. The van der Waals surface area contributed by atoms with Gasteiger partial charge in [-0.1, -0.05) is 188 Å². The Morgan fingerprint density at radius 2 is 1.24 bits per heavy atom. The summed E-state index contributed by atoms with van der Waals surface area (Å²) in [5, 5.41) is 6.61. The summed E-state index contributed by atoms with van der Waals surface area (Å²) in [5.41, 5.74) is 28.5. The average molecular weight is 931 g/mol. The van der Waals surface area contributed by atoms with Crippen molar-refractivity contribution >= 4 is 51.4 Å². The van der Waals surface area contributed by atoms with Crippen LogP contribution < -0.4 is 21.0 Å². The van der Waals surface area contributed by atoms with Crippen LogP contribution in [0.25, 0.3) is 60.9 Å². The van der Waals surface area contributed by atoms with Gasteiger partial charge in [0.05, 0.1) is 11.4 Å². The van der Waals surface area contributed by atoms with Gasteiger partial charge in [0.1, 0.15) is 11.9 Å². The summed E-state index contributed by atoms with van der Waals surface area (Å²) < 4.78 is 9.85. The van der Waals surface area contributed by atoms with Crippen LogP contribution in [0.2, 0.25) is 0 Å². The van der Waals surface area contributed by atoms with Crippen molar-refractivity contribution in [3.63, 3.8) is 0 Å². The van der Waals surface area contributed by atoms with Crippen LogP contribution in [0.5, 0.6) is 5.75 Å². The van der Waals surface area contributed by atoms with E-state index in [-0.39, 0.29) is 28.3 Å². The molecule has 0 bridgehead atoms. The van der Waals surface area contributed by atoms with E-state index in [2.05, 4.69) is 241 Å². The number of aromatic nitrogens is 1. The van der Waals surface area contributed by atoms with Crippen LogP contribution in [0, 0.1) is 0 Å². The first-order valence-corrected chi connectivity index (χ1v) is 26.1. The zero-order chi connectivity index (χ0) is 49.0. The van der Waals surface area contributed by atoms with Crippen LogP contribution >= 0.6 is 0 Å². The molecular weight excluding hydrogens is 872 g/mol. The lowest BCUT2D eigenvalue weighted by atomic mass is 9.58. The monoisotopic (exact) mass is 930 g/mol. The Morgan fingerprint density at radius 1 is 0.556 bits per heavy atom. The third-order valence-corrected chi connectivity index (χ3v) is 16.9. The highest BCUT2D eigenvalue weighted by molar-refractivity contribution is 6.73. The molecule has 3 nitrogen and oxygen atoms in total. The maximum atomic E-state index is 7.20. The van der Waals surface area contributed by atoms with Crippen molar-refractivity contribution in [2.75, 3.05) is 5.32 Å². The SMILES string of the molecule is CC(C)(C)c1ccc(Nc2cc3c(cc2-c2ccc4c5cc6c(cc5n5c4c2Bc2cc4c(cc2-5)C(c2ccccc2)C(c2ccccc2)O4)C(C)(C)c2ccccc2-6)-c2ccc(C(C)(C)C)cc2C3)cc1. The van der Waals surface area contributed by atoms with Gasteiger partial charge >= 0.3 is 0 Å². The number of anilines is 2. The molecule has 350 valence electrons. The van der Waals surface area contributed by atoms with Gasteiger partial charge in [-0.05, 0) is 144 Å². The molecule has 14 rings (SSSR count). The smallest absolute Gasteiger partial charge is 0.198 e. The minimum atomic E-state index is -0.144. The van der Waals surface area contributed by atoms with Crippen LogP contribution in [0.4, 0.5) is 11.4 Å². The first-order chi connectivity index (χ1) is 34.7. The van der Waals surface area contributed by atoms with Gasteiger partial charge in [0.25, 0.3) is 0 Å². The van der Waals surface area contributed by atoms with Crippen molar-refractivity contribution in [1.29, 1.82) is 0 Å². The predicted molar refractivity (Wildman–Crippen MR) is 304 cm³/mol. The Labute approximate surface area is 424 Å². The molecule has 9 aromatic carbocycles. The normalized spacial score (nSPS) is 16.6. The van der Waals surface area contributed by atoms with Gasteiger partial charge in [-0.2, -0.15) is 0 Å². The van der Waals surface area contributed by atoms with Crippen LogP contribution in [0.15, 0.2) is 176 Å². The second kappa shape index (κ2) is 15.2. The molecule has 2 aliphatic carbocycles. The van der Waals surface area contributed by atoms with Crippen molar-refractivity contribution in [3.05, 3.63) is 226 Å². The maximum Gasteiger partial charge on any atom is 0.198 e. The van der Waals surface area contributed by atoms with Crippen LogP contribution in [0.3, 0.4) is 0 Å². The Kier molecular flexibility index (Phi) is 9.15. The van der Waals surface area contributed by atoms with E-state index in [0.29, 0.717) is 0 Å². The van der Waals surface area contributed by atoms with E-state index in [1.807, 2.05) is 0 Å². The number of fused-ring (bicyclic) bond motifs is 12. The Morgan fingerprint density at radius 3 is 1.99 bits per heavy atom. The third kappa shape index (κ3) is 6.43. The summed E-state index contributed by atoms with van der Waals surface area (Å²) >= 11 is 0. The quantitative estimate of drug-likeness (QED) is 0.174. The maximum absolute atomic E-state index is 7.20. The summed E-state index contributed by atoms with van der Waals surface area (Å²) in [6.45, 7) is 18.6. The van der Waals surface area contributed by atoms with E-state index >= 15 is 0 Å². The largest absolute Gasteiger partial charge is 0.484 e. The van der Waals surface area contributed by atoms with E-state index in [4.69, 9.17) is 4.74 Å². The molecule has 0 amide bonds. The standard InChI is InChI=1S/C68H59BN2O/c1-66(2,3)43-23-26-45(27-24-43)70-58-33-42-31-41-32-44(67(4,5)6)25-28-46(41)50(42)34-52(58)48-29-30-49-53-35-51-47-21-15-16-22-55(47)68(7,8)56(51)37-59(53)71-60-36-54-61(38-57(60)69-63(48)64(49)71)72-65(40-19-13-10-14-20-40)62(54)39-17-11-9-12-18-39/h9-30,32-38,62,65,69-70H,31H2,1-8H3. The van der Waals surface area contributed by atoms with Gasteiger partial charge < -0.3 is 14.6 Å². The number of hydrogen-bond donors (Lipinski definition) is 1. The van der Waals surface area contributed by atoms with Gasteiger partial charge in [0.2, 0.25) is 0 Å². The molecule has 0 fully saturated rings. The zero-order valence-electron chi connectivity index (χ0n) is 42.7. The number of rotatable bonds is 5. The Hall–Kier alpha value is -7.56.